The van der Waals surface area contributed by atoms with E-state index in [1.165, 1.54) is 0 Å². The van der Waals surface area contributed by atoms with Crippen LogP contribution < -0.4 is 5.32 Å². The van der Waals surface area contributed by atoms with Crippen molar-refractivity contribution in [3.8, 4) is 0 Å². The summed E-state index contributed by atoms with van der Waals surface area (Å²) in [6, 6.07) is 0. The monoisotopic (exact) mass is 255 g/mol. The Morgan fingerprint density at radius 3 is 2.33 bits per heavy atom. The smallest absolute Gasteiger partial charge is 0.236 e. The average Bonchev–Trinajstić information content (AvgIpc) is 2.42. The Kier molecular flexibility index (Phi) is 7.28. The predicted octanol–water partition coefficient (Wildman–Crippen LogP) is 1.18. The molecule has 4 heteroatoms. The van der Waals surface area contributed by atoms with E-state index in [1.54, 1.807) is 0 Å². The van der Waals surface area contributed by atoms with Gasteiger partial charge in [-0.05, 0) is 44.9 Å². The number of amides is 1. The van der Waals surface area contributed by atoms with Gasteiger partial charge < -0.3 is 10.2 Å². The molecule has 106 valence electrons. The third-order valence-corrected chi connectivity index (χ3v) is 3.90. The molecule has 0 radical (unpaired) electrons. The van der Waals surface area contributed by atoms with Gasteiger partial charge in [0.1, 0.15) is 0 Å². The van der Waals surface area contributed by atoms with Gasteiger partial charge in [0.2, 0.25) is 5.91 Å². The molecule has 1 aliphatic rings. The Balaban J connectivity index is 2.27. The predicted molar refractivity (Wildman–Crippen MR) is 75.6 cm³/mol. The molecular formula is C14H29N3O. The molecule has 1 heterocycles. The fourth-order valence-electron chi connectivity index (χ4n) is 2.47. The molecule has 0 aliphatic carbocycles. The number of carbonyl (C=O) groups excluding carboxylic acids is 1. The quantitative estimate of drug-likeness (QED) is 0.742. The maximum absolute atomic E-state index is 12.1. The van der Waals surface area contributed by atoms with Gasteiger partial charge in [-0.25, -0.2) is 0 Å². The molecule has 1 N–H and O–H groups in total. The second kappa shape index (κ2) is 8.48. The number of nitrogens with one attached hydrogen (secondary N) is 1. The molecule has 0 bridgehead atoms. The van der Waals surface area contributed by atoms with Crippen molar-refractivity contribution in [2.45, 2.75) is 33.6 Å². The average molecular weight is 255 g/mol. The van der Waals surface area contributed by atoms with E-state index in [2.05, 4.69) is 31.0 Å². The van der Waals surface area contributed by atoms with Crippen molar-refractivity contribution in [3.63, 3.8) is 0 Å². The summed E-state index contributed by atoms with van der Waals surface area (Å²) in [5, 5.41) is 3.40. The summed E-state index contributed by atoms with van der Waals surface area (Å²) < 4.78 is 0. The number of carbonyl (C=O) groups is 1. The van der Waals surface area contributed by atoms with E-state index in [9.17, 15) is 4.79 Å². The van der Waals surface area contributed by atoms with E-state index in [4.69, 9.17) is 0 Å². The topological polar surface area (TPSA) is 35.6 Å². The van der Waals surface area contributed by atoms with Gasteiger partial charge in [0.25, 0.3) is 0 Å². The molecule has 1 aliphatic heterocycles. The third kappa shape index (κ3) is 4.94. The summed E-state index contributed by atoms with van der Waals surface area (Å²) in [5.74, 6) is 1.06. The minimum absolute atomic E-state index is 0.306. The highest BCUT2D eigenvalue weighted by molar-refractivity contribution is 5.78. The normalized spacial score (nSPS) is 17.4. The second-order valence-electron chi connectivity index (χ2n) is 5.09. The second-order valence-corrected chi connectivity index (χ2v) is 5.09. The molecule has 0 atom stereocenters. The number of piperidine rings is 1. The summed E-state index contributed by atoms with van der Waals surface area (Å²) in [7, 11) is 0. The lowest BCUT2D eigenvalue weighted by molar-refractivity contribution is -0.133. The van der Waals surface area contributed by atoms with Crippen LogP contribution >= 0.6 is 0 Å². The van der Waals surface area contributed by atoms with Crippen molar-refractivity contribution in [1.82, 2.24) is 15.1 Å². The number of hydrogen-bond donors (Lipinski definition) is 1. The number of likely N-dealkylation sites (tertiary alicyclic amines) is 1. The van der Waals surface area contributed by atoms with E-state index in [-0.39, 0.29) is 0 Å². The van der Waals surface area contributed by atoms with Crippen LogP contribution in [-0.4, -0.2) is 61.5 Å². The Labute approximate surface area is 112 Å². The van der Waals surface area contributed by atoms with Crippen LogP contribution in [-0.2, 0) is 4.79 Å². The molecule has 0 aromatic carbocycles. The molecule has 0 unspecified atom stereocenters. The van der Waals surface area contributed by atoms with Crippen molar-refractivity contribution in [1.29, 1.82) is 0 Å². The SMILES string of the molecule is CCNCC1CCN(C(=O)CN(CC)CC)CC1. The van der Waals surface area contributed by atoms with Crippen LogP contribution in [0.5, 0.6) is 0 Å². The third-order valence-electron chi connectivity index (χ3n) is 3.90. The number of nitrogens with zero attached hydrogens (tertiary/aromatic N) is 2. The van der Waals surface area contributed by atoms with Gasteiger partial charge in [0.15, 0.2) is 0 Å². The summed E-state index contributed by atoms with van der Waals surface area (Å²) in [5.41, 5.74) is 0. The highest BCUT2D eigenvalue weighted by atomic mass is 16.2. The molecule has 4 nitrogen and oxygen atoms in total. The van der Waals surface area contributed by atoms with E-state index in [1.807, 2.05) is 4.90 Å². The summed E-state index contributed by atoms with van der Waals surface area (Å²) in [6.07, 6.45) is 2.30. The largest absolute Gasteiger partial charge is 0.342 e. The van der Waals surface area contributed by atoms with Crippen LogP contribution in [0, 0.1) is 5.92 Å². The standard InChI is InChI=1S/C14H29N3O/c1-4-15-11-13-7-9-17(10-8-13)14(18)12-16(5-2)6-3/h13,15H,4-12H2,1-3H3. The molecule has 1 amide bonds. The lowest BCUT2D eigenvalue weighted by atomic mass is 9.97. The van der Waals surface area contributed by atoms with E-state index in [0.29, 0.717) is 12.5 Å². The minimum atomic E-state index is 0.306. The maximum atomic E-state index is 12.1. The Hall–Kier alpha value is -0.610. The zero-order valence-corrected chi connectivity index (χ0v) is 12.2. The van der Waals surface area contributed by atoms with E-state index in [0.717, 1.165) is 58.0 Å². The number of likely N-dealkylation sites (N-methyl/N-ethyl adjacent to an activating group) is 1. The molecule has 1 saturated heterocycles. The van der Waals surface area contributed by atoms with Crippen LogP contribution in [0.15, 0.2) is 0 Å². The first-order chi connectivity index (χ1) is 8.71. The number of rotatable bonds is 7. The number of hydrogen-bond acceptors (Lipinski definition) is 3. The van der Waals surface area contributed by atoms with Gasteiger partial charge in [-0.15, -0.1) is 0 Å². The van der Waals surface area contributed by atoms with Gasteiger partial charge in [0, 0.05) is 13.1 Å². The Morgan fingerprint density at radius 1 is 1.22 bits per heavy atom. The summed E-state index contributed by atoms with van der Waals surface area (Å²) in [4.78, 5) is 16.3. The fourth-order valence-corrected chi connectivity index (χ4v) is 2.47. The minimum Gasteiger partial charge on any atom is -0.342 e. The van der Waals surface area contributed by atoms with Crippen molar-refractivity contribution in [2.75, 3.05) is 45.8 Å². The Bertz CT molecular complexity index is 233. The first kappa shape index (κ1) is 15.4. The summed E-state index contributed by atoms with van der Waals surface area (Å²) in [6.45, 7) is 12.9. The van der Waals surface area contributed by atoms with Crippen LogP contribution in [0.3, 0.4) is 0 Å². The molecule has 0 aromatic heterocycles. The molecule has 18 heavy (non-hydrogen) atoms. The van der Waals surface area contributed by atoms with Crippen molar-refractivity contribution in [2.24, 2.45) is 5.92 Å². The first-order valence-corrected chi connectivity index (χ1v) is 7.42. The van der Waals surface area contributed by atoms with Gasteiger partial charge in [0.05, 0.1) is 6.54 Å². The van der Waals surface area contributed by atoms with Crippen LogP contribution in [0.4, 0.5) is 0 Å². The highest BCUT2D eigenvalue weighted by Crippen LogP contribution is 2.16. The summed E-state index contributed by atoms with van der Waals surface area (Å²) >= 11 is 0. The van der Waals surface area contributed by atoms with Gasteiger partial charge in [-0.2, -0.15) is 0 Å². The fraction of sp³-hybridized carbons (Fsp3) is 0.929. The van der Waals surface area contributed by atoms with Crippen LogP contribution in [0.1, 0.15) is 33.6 Å². The maximum Gasteiger partial charge on any atom is 0.236 e. The Morgan fingerprint density at radius 2 is 1.83 bits per heavy atom. The van der Waals surface area contributed by atoms with Gasteiger partial charge >= 0.3 is 0 Å². The molecular weight excluding hydrogens is 226 g/mol. The lowest BCUT2D eigenvalue weighted by Gasteiger charge is -2.33. The van der Waals surface area contributed by atoms with Crippen molar-refractivity contribution < 1.29 is 4.79 Å². The molecule has 0 aromatic rings. The van der Waals surface area contributed by atoms with Crippen molar-refractivity contribution in [3.05, 3.63) is 0 Å². The van der Waals surface area contributed by atoms with E-state index < -0.39 is 0 Å². The highest BCUT2D eigenvalue weighted by Gasteiger charge is 2.23. The zero-order valence-electron chi connectivity index (χ0n) is 12.2. The molecule has 0 spiro atoms. The van der Waals surface area contributed by atoms with Gasteiger partial charge in [-0.3, -0.25) is 9.69 Å². The van der Waals surface area contributed by atoms with E-state index >= 15 is 0 Å². The molecule has 0 saturated carbocycles. The van der Waals surface area contributed by atoms with Crippen LogP contribution in [0.25, 0.3) is 0 Å². The van der Waals surface area contributed by atoms with Crippen LogP contribution in [0.2, 0.25) is 0 Å². The van der Waals surface area contributed by atoms with Gasteiger partial charge in [-0.1, -0.05) is 20.8 Å². The molecule has 1 fully saturated rings. The molecule has 1 rings (SSSR count). The lowest BCUT2D eigenvalue weighted by Crippen LogP contribution is -2.45. The van der Waals surface area contributed by atoms with Crippen molar-refractivity contribution >= 4 is 5.91 Å². The first-order valence-electron chi connectivity index (χ1n) is 7.42. The zero-order chi connectivity index (χ0) is 13.4.